The Kier molecular flexibility index (Phi) is 5.25. The molecule has 0 radical (unpaired) electrons. The van der Waals surface area contributed by atoms with Crippen molar-refractivity contribution in [1.29, 1.82) is 0 Å². The Morgan fingerprint density at radius 3 is 2.35 bits per heavy atom. The number of nitrogens with one attached hydrogen (secondary N) is 3. The first-order valence-corrected chi connectivity index (χ1v) is 9.34. The maximum atomic E-state index is 13.1. The molecule has 3 rings (SSSR count). The number of nitrogen functional groups attached to an aromatic ring is 1. The lowest BCUT2D eigenvalue weighted by Crippen LogP contribution is -2.45. The Morgan fingerprint density at radius 2 is 1.77 bits per heavy atom. The second-order valence-electron chi connectivity index (χ2n) is 7.77. The Balaban J connectivity index is 1.75. The van der Waals surface area contributed by atoms with Gasteiger partial charge in [0.05, 0.1) is 16.9 Å². The molecule has 1 aromatic carbocycles. The molecule has 0 heterocycles. The van der Waals surface area contributed by atoms with Crippen LogP contribution in [0.1, 0.15) is 55.8 Å². The summed E-state index contributed by atoms with van der Waals surface area (Å²) < 4.78 is 26.3. The van der Waals surface area contributed by atoms with E-state index in [4.69, 9.17) is 5.73 Å². The van der Waals surface area contributed by atoms with E-state index < -0.39 is 5.92 Å². The molecular formula is C19H28F2N4O. The molecule has 2 aliphatic rings. The van der Waals surface area contributed by atoms with Crippen molar-refractivity contribution in [2.75, 3.05) is 23.4 Å². The summed E-state index contributed by atoms with van der Waals surface area (Å²) in [6, 6.07) is 3.17. The molecule has 144 valence electrons. The van der Waals surface area contributed by atoms with Gasteiger partial charge in [-0.1, -0.05) is 6.92 Å². The number of rotatable bonds is 5. The van der Waals surface area contributed by atoms with E-state index in [1.165, 1.54) is 0 Å². The smallest absolute Gasteiger partial charge is 0.253 e. The van der Waals surface area contributed by atoms with E-state index in [0.29, 0.717) is 28.5 Å². The number of halogens is 2. The van der Waals surface area contributed by atoms with Crippen LogP contribution in [0.4, 0.5) is 25.8 Å². The van der Waals surface area contributed by atoms with Crippen LogP contribution in [0.5, 0.6) is 0 Å². The molecule has 1 aromatic rings. The average Bonchev–Trinajstić information content (AvgIpc) is 2.56. The van der Waals surface area contributed by atoms with Crippen LogP contribution in [0, 0.1) is 5.92 Å². The highest BCUT2D eigenvalue weighted by molar-refractivity contribution is 6.02. The van der Waals surface area contributed by atoms with Gasteiger partial charge in [-0.2, -0.15) is 0 Å². The highest BCUT2D eigenvalue weighted by Gasteiger charge is 2.45. The molecule has 5 N–H and O–H groups in total. The summed E-state index contributed by atoms with van der Waals surface area (Å²) >= 11 is 0. The summed E-state index contributed by atoms with van der Waals surface area (Å²) in [6.45, 7) is 2.23. The minimum atomic E-state index is -2.61. The van der Waals surface area contributed by atoms with E-state index in [9.17, 15) is 13.6 Å². The predicted molar refractivity (Wildman–Crippen MR) is 101 cm³/mol. The zero-order valence-electron chi connectivity index (χ0n) is 15.4. The van der Waals surface area contributed by atoms with Crippen molar-refractivity contribution < 1.29 is 13.6 Å². The van der Waals surface area contributed by atoms with Crippen LogP contribution in [0.3, 0.4) is 0 Å². The molecule has 0 unspecified atom stereocenters. The van der Waals surface area contributed by atoms with Gasteiger partial charge in [0.25, 0.3) is 11.8 Å². The van der Waals surface area contributed by atoms with E-state index in [-0.39, 0.29) is 30.8 Å². The van der Waals surface area contributed by atoms with E-state index in [1.807, 2.05) is 0 Å². The standard InChI is InChI=1S/C19H28F2N4O/c1-11-3-5-12(6-4-11)25-18(26)14-7-15(22)17(23-2)8-16(14)24-13-9-19(20,21)10-13/h7-8,11-13,23-24H,3-6,9-10,22H2,1-2H3,(H,25,26)/t11-,12-. The second kappa shape index (κ2) is 7.29. The first-order chi connectivity index (χ1) is 12.3. The molecule has 0 saturated heterocycles. The molecule has 26 heavy (non-hydrogen) atoms. The van der Waals surface area contributed by atoms with Crippen LogP contribution in [0.25, 0.3) is 0 Å². The van der Waals surface area contributed by atoms with Gasteiger partial charge in [-0.25, -0.2) is 8.78 Å². The van der Waals surface area contributed by atoms with Crippen molar-refractivity contribution in [1.82, 2.24) is 5.32 Å². The Labute approximate surface area is 153 Å². The normalized spacial score (nSPS) is 25.2. The summed E-state index contributed by atoms with van der Waals surface area (Å²) in [5, 5.41) is 9.15. The number of carbonyl (C=O) groups is 1. The first kappa shape index (κ1) is 18.7. The summed E-state index contributed by atoms with van der Waals surface area (Å²) in [5.41, 5.74) is 8.11. The molecular weight excluding hydrogens is 338 g/mol. The van der Waals surface area contributed by atoms with Gasteiger partial charge in [0, 0.05) is 37.7 Å². The fourth-order valence-corrected chi connectivity index (χ4v) is 3.79. The van der Waals surface area contributed by atoms with Gasteiger partial charge in [0.15, 0.2) is 0 Å². The highest BCUT2D eigenvalue weighted by atomic mass is 19.3. The SMILES string of the molecule is CNc1cc(NC2CC(F)(F)C2)c(C(=O)N[C@H]2CC[C@H](C)CC2)cc1N. The second-order valence-corrected chi connectivity index (χ2v) is 7.77. The molecule has 0 atom stereocenters. The molecule has 0 aliphatic heterocycles. The molecule has 2 fully saturated rings. The van der Waals surface area contributed by atoms with E-state index in [1.54, 1.807) is 19.2 Å². The monoisotopic (exact) mass is 366 g/mol. The number of hydrogen-bond donors (Lipinski definition) is 4. The van der Waals surface area contributed by atoms with Gasteiger partial charge >= 0.3 is 0 Å². The van der Waals surface area contributed by atoms with Crippen molar-refractivity contribution in [2.45, 2.75) is 63.5 Å². The van der Waals surface area contributed by atoms with Crippen LogP contribution >= 0.6 is 0 Å². The number of amides is 1. The number of nitrogens with two attached hydrogens (primary N) is 1. The minimum absolute atomic E-state index is 0.157. The molecule has 2 saturated carbocycles. The van der Waals surface area contributed by atoms with Crippen molar-refractivity contribution in [3.63, 3.8) is 0 Å². The maximum absolute atomic E-state index is 13.1. The van der Waals surface area contributed by atoms with Crippen molar-refractivity contribution >= 4 is 23.0 Å². The first-order valence-electron chi connectivity index (χ1n) is 9.34. The topological polar surface area (TPSA) is 79.2 Å². The third-order valence-electron chi connectivity index (χ3n) is 5.50. The van der Waals surface area contributed by atoms with Gasteiger partial charge in [-0.3, -0.25) is 4.79 Å². The minimum Gasteiger partial charge on any atom is -0.397 e. The van der Waals surface area contributed by atoms with Crippen LogP contribution in [-0.4, -0.2) is 31.0 Å². The third kappa shape index (κ3) is 4.19. The number of carbonyl (C=O) groups excluding carboxylic acids is 1. The lowest BCUT2D eigenvalue weighted by atomic mass is 9.87. The Hall–Kier alpha value is -2.05. The molecule has 0 aromatic heterocycles. The van der Waals surface area contributed by atoms with Crippen molar-refractivity contribution in [3.8, 4) is 0 Å². The third-order valence-corrected chi connectivity index (χ3v) is 5.50. The van der Waals surface area contributed by atoms with Gasteiger partial charge < -0.3 is 21.7 Å². The zero-order chi connectivity index (χ0) is 18.9. The quantitative estimate of drug-likeness (QED) is 0.597. The Morgan fingerprint density at radius 1 is 1.12 bits per heavy atom. The van der Waals surface area contributed by atoms with Gasteiger partial charge in [-0.15, -0.1) is 0 Å². The van der Waals surface area contributed by atoms with Gasteiger partial charge in [0.2, 0.25) is 0 Å². The van der Waals surface area contributed by atoms with E-state index in [0.717, 1.165) is 25.7 Å². The molecule has 0 bridgehead atoms. The molecule has 7 heteroatoms. The molecule has 0 spiro atoms. The average molecular weight is 366 g/mol. The highest BCUT2D eigenvalue weighted by Crippen LogP contribution is 2.40. The van der Waals surface area contributed by atoms with Crippen LogP contribution in [0.2, 0.25) is 0 Å². The summed E-state index contributed by atoms with van der Waals surface area (Å²) in [5.74, 6) is -2.11. The lowest BCUT2D eigenvalue weighted by molar-refractivity contribution is -0.0793. The van der Waals surface area contributed by atoms with E-state index >= 15 is 0 Å². The Bertz CT molecular complexity index is 664. The van der Waals surface area contributed by atoms with Crippen LogP contribution < -0.4 is 21.7 Å². The van der Waals surface area contributed by atoms with E-state index in [2.05, 4.69) is 22.9 Å². The lowest BCUT2D eigenvalue weighted by Gasteiger charge is -2.36. The van der Waals surface area contributed by atoms with Gasteiger partial charge in [0.1, 0.15) is 0 Å². The number of hydrogen-bond acceptors (Lipinski definition) is 4. The largest absolute Gasteiger partial charge is 0.397 e. The van der Waals surface area contributed by atoms with Crippen LogP contribution in [0.15, 0.2) is 12.1 Å². The number of anilines is 3. The maximum Gasteiger partial charge on any atom is 0.253 e. The number of alkyl halides is 2. The zero-order valence-corrected chi connectivity index (χ0v) is 15.4. The molecule has 1 amide bonds. The molecule has 5 nitrogen and oxygen atoms in total. The van der Waals surface area contributed by atoms with Crippen molar-refractivity contribution in [3.05, 3.63) is 17.7 Å². The van der Waals surface area contributed by atoms with Crippen LogP contribution in [-0.2, 0) is 0 Å². The van der Waals surface area contributed by atoms with Gasteiger partial charge in [-0.05, 0) is 43.7 Å². The molecule has 2 aliphatic carbocycles. The fourth-order valence-electron chi connectivity index (χ4n) is 3.79. The number of benzene rings is 1. The predicted octanol–water partition coefficient (Wildman–Crippen LogP) is 3.83. The van der Waals surface area contributed by atoms with Crippen molar-refractivity contribution in [2.24, 2.45) is 5.92 Å². The summed E-state index contributed by atoms with van der Waals surface area (Å²) in [6.07, 6.45) is 3.72. The summed E-state index contributed by atoms with van der Waals surface area (Å²) in [7, 11) is 1.73. The summed E-state index contributed by atoms with van der Waals surface area (Å²) in [4.78, 5) is 12.8. The fraction of sp³-hybridized carbons (Fsp3) is 0.632.